The fraction of sp³-hybridized carbons (Fsp3) is 0.400. The second kappa shape index (κ2) is 4.66. The van der Waals surface area contributed by atoms with Gasteiger partial charge in [-0.05, 0) is 40.5 Å². The zero-order chi connectivity index (χ0) is 10.7. The molecule has 0 heterocycles. The third kappa shape index (κ3) is 2.19. The van der Waals surface area contributed by atoms with Crippen LogP contribution in [0.25, 0.3) is 0 Å². The number of ether oxygens (including phenoxy) is 2. The highest BCUT2D eigenvalue weighted by Gasteiger charge is 2.11. The molecular weight excluding hydrogens is 246 g/mol. The van der Waals surface area contributed by atoms with Gasteiger partial charge in [0, 0.05) is 6.04 Å². The Labute approximate surface area is 92.3 Å². The number of benzene rings is 1. The van der Waals surface area contributed by atoms with Gasteiger partial charge in [0.05, 0.1) is 14.2 Å². The zero-order valence-electron chi connectivity index (χ0n) is 8.50. The molecule has 0 aliphatic carbocycles. The van der Waals surface area contributed by atoms with E-state index in [0.717, 1.165) is 21.5 Å². The fourth-order valence-corrected chi connectivity index (χ4v) is 1.71. The molecule has 0 saturated carbocycles. The van der Waals surface area contributed by atoms with E-state index in [9.17, 15) is 0 Å². The Bertz CT molecular complexity index is 301. The number of halogens is 1. The van der Waals surface area contributed by atoms with E-state index in [1.54, 1.807) is 14.2 Å². The van der Waals surface area contributed by atoms with Crippen LogP contribution in [0.1, 0.15) is 18.5 Å². The molecular formula is C10H14BrNO2. The van der Waals surface area contributed by atoms with Crippen LogP contribution in [0.15, 0.2) is 16.6 Å². The van der Waals surface area contributed by atoms with Crippen molar-refractivity contribution in [2.75, 3.05) is 14.2 Å². The first-order valence-electron chi connectivity index (χ1n) is 4.27. The lowest BCUT2D eigenvalue weighted by atomic mass is 10.1. The number of methoxy groups -OCH3 is 2. The van der Waals surface area contributed by atoms with Gasteiger partial charge < -0.3 is 15.2 Å². The van der Waals surface area contributed by atoms with E-state index >= 15 is 0 Å². The minimum Gasteiger partial charge on any atom is -0.495 e. The molecule has 0 aromatic heterocycles. The van der Waals surface area contributed by atoms with Gasteiger partial charge >= 0.3 is 0 Å². The van der Waals surface area contributed by atoms with Crippen molar-refractivity contribution >= 4 is 15.9 Å². The van der Waals surface area contributed by atoms with Crippen LogP contribution < -0.4 is 15.2 Å². The molecule has 1 aromatic rings. The van der Waals surface area contributed by atoms with Crippen LogP contribution in [-0.2, 0) is 0 Å². The third-order valence-electron chi connectivity index (χ3n) is 1.99. The Hall–Kier alpha value is -0.740. The molecule has 14 heavy (non-hydrogen) atoms. The average molecular weight is 260 g/mol. The van der Waals surface area contributed by atoms with Crippen LogP contribution >= 0.6 is 15.9 Å². The maximum absolute atomic E-state index is 5.78. The molecule has 3 nitrogen and oxygen atoms in total. The Morgan fingerprint density at radius 3 is 1.93 bits per heavy atom. The predicted octanol–water partition coefficient (Wildman–Crippen LogP) is 2.49. The first-order valence-corrected chi connectivity index (χ1v) is 5.06. The normalized spacial score (nSPS) is 12.4. The Kier molecular flexibility index (Phi) is 3.77. The Morgan fingerprint density at radius 1 is 1.21 bits per heavy atom. The summed E-state index contributed by atoms with van der Waals surface area (Å²) in [6.45, 7) is 1.92. The summed E-state index contributed by atoms with van der Waals surface area (Å²) in [5.74, 6) is 1.47. The van der Waals surface area contributed by atoms with Crippen molar-refractivity contribution in [2.24, 2.45) is 5.73 Å². The van der Waals surface area contributed by atoms with Gasteiger partial charge in [0.2, 0.25) is 0 Å². The van der Waals surface area contributed by atoms with Gasteiger partial charge in [-0.25, -0.2) is 0 Å². The van der Waals surface area contributed by atoms with Gasteiger partial charge in [-0.2, -0.15) is 0 Å². The number of hydrogen-bond donors (Lipinski definition) is 1. The minimum atomic E-state index is -0.0362. The van der Waals surface area contributed by atoms with Gasteiger partial charge in [0.25, 0.3) is 0 Å². The molecule has 0 aliphatic heterocycles. The Balaban J connectivity index is 3.25. The molecule has 1 unspecified atom stereocenters. The maximum Gasteiger partial charge on any atom is 0.137 e. The molecule has 2 N–H and O–H groups in total. The highest BCUT2D eigenvalue weighted by atomic mass is 79.9. The molecule has 78 valence electrons. The van der Waals surface area contributed by atoms with Crippen LogP contribution in [0.4, 0.5) is 0 Å². The van der Waals surface area contributed by atoms with Crippen LogP contribution in [0, 0.1) is 0 Å². The largest absolute Gasteiger partial charge is 0.495 e. The SMILES string of the molecule is COc1cc(C(C)N)cc(OC)c1Br. The summed E-state index contributed by atoms with van der Waals surface area (Å²) in [5.41, 5.74) is 6.77. The highest BCUT2D eigenvalue weighted by molar-refractivity contribution is 9.10. The lowest BCUT2D eigenvalue weighted by molar-refractivity contribution is 0.388. The number of nitrogens with two attached hydrogens (primary N) is 1. The third-order valence-corrected chi connectivity index (χ3v) is 2.78. The molecule has 0 spiro atoms. The lowest BCUT2D eigenvalue weighted by Gasteiger charge is -2.13. The quantitative estimate of drug-likeness (QED) is 0.908. The molecule has 1 aromatic carbocycles. The van der Waals surface area contributed by atoms with Gasteiger partial charge in [0.1, 0.15) is 16.0 Å². The zero-order valence-corrected chi connectivity index (χ0v) is 10.1. The predicted molar refractivity (Wildman–Crippen MR) is 59.8 cm³/mol. The van der Waals surface area contributed by atoms with Crippen LogP contribution in [0.2, 0.25) is 0 Å². The Morgan fingerprint density at radius 2 is 1.64 bits per heavy atom. The van der Waals surface area contributed by atoms with E-state index in [-0.39, 0.29) is 6.04 Å². The van der Waals surface area contributed by atoms with E-state index in [4.69, 9.17) is 15.2 Å². The maximum atomic E-state index is 5.78. The molecule has 1 atom stereocenters. The monoisotopic (exact) mass is 259 g/mol. The van der Waals surface area contributed by atoms with E-state index in [1.165, 1.54) is 0 Å². The smallest absolute Gasteiger partial charge is 0.137 e. The van der Waals surface area contributed by atoms with Crippen LogP contribution in [0.3, 0.4) is 0 Å². The molecule has 0 bridgehead atoms. The van der Waals surface area contributed by atoms with Gasteiger partial charge in [-0.3, -0.25) is 0 Å². The molecule has 0 amide bonds. The van der Waals surface area contributed by atoms with Crippen molar-refractivity contribution in [3.63, 3.8) is 0 Å². The second-order valence-corrected chi connectivity index (χ2v) is 3.82. The van der Waals surface area contributed by atoms with E-state index in [1.807, 2.05) is 19.1 Å². The summed E-state index contributed by atoms with van der Waals surface area (Å²) in [6, 6.07) is 3.76. The average Bonchev–Trinajstić information content (AvgIpc) is 2.17. The second-order valence-electron chi connectivity index (χ2n) is 3.03. The van der Waals surface area contributed by atoms with Crippen LogP contribution in [0.5, 0.6) is 11.5 Å². The first-order chi connectivity index (χ1) is 6.60. The van der Waals surface area contributed by atoms with Crippen molar-refractivity contribution in [1.82, 2.24) is 0 Å². The van der Waals surface area contributed by atoms with E-state index in [0.29, 0.717) is 0 Å². The van der Waals surface area contributed by atoms with Gasteiger partial charge in [-0.1, -0.05) is 0 Å². The summed E-state index contributed by atoms with van der Waals surface area (Å²) < 4.78 is 11.2. The van der Waals surface area contributed by atoms with Crippen LogP contribution in [-0.4, -0.2) is 14.2 Å². The summed E-state index contributed by atoms with van der Waals surface area (Å²) in [6.07, 6.45) is 0. The molecule has 0 radical (unpaired) electrons. The first kappa shape index (κ1) is 11.3. The van der Waals surface area contributed by atoms with Crippen molar-refractivity contribution in [3.05, 3.63) is 22.2 Å². The summed E-state index contributed by atoms with van der Waals surface area (Å²) in [4.78, 5) is 0. The topological polar surface area (TPSA) is 44.5 Å². The molecule has 0 fully saturated rings. The summed E-state index contributed by atoms with van der Waals surface area (Å²) >= 11 is 3.39. The van der Waals surface area contributed by atoms with Gasteiger partial charge in [-0.15, -0.1) is 0 Å². The molecule has 0 aliphatic rings. The van der Waals surface area contributed by atoms with E-state index in [2.05, 4.69) is 15.9 Å². The summed E-state index contributed by atoms with van der Waals surface area (Å²) in [5, 5.41) is 0. The number of hydrogen-bond acceptors (Lipinski definition) is 3. The highest BCUT2D eigenvalue weighted by Crippen LogP contribution is 2.36. The number of rotatable bonds is 3. The standard InChI is InChI=1S/C10H14BrNO2/c1-6(12)7-4-8(13-2)10(11)9(5-7)14-3/h4-6H,12H2,1-3H3. The van der Waals surface area contributed by atoms with Crippen molar-refractivity contribution in [1.29, 1.82) is 0 Å². The fourth-order valence-electron chi connectivity index (χ4n) is 1.15. The summed E-state index contributed by atoms with van der Waals surface area (Å²) in [7, 11) is 3.23. The molecule has 4 heteroatoms. The lowest BCUT2D eigenvalue weighted by Crippen LogP contribution is -2.05. The van der Waals surface area contributed by atoms with Crippen molar-refractivity contribution in [2.45, 2.75) is 13.0 Å². The van der Waals surface area contributed by atoms with Crippen molar-refractivity contribution < 1.29 is 9.47 Å². The van der Waals surface area contributed by atoms with Gasteiger partial charge in [0.15, 0.2) is 0 Å². The van der Waals surface area contributed by atoms with E-state index < -0.39 is 0 Å². The molecule has 1 rings (SSSR count). The molecule has 0 saturated heterocycles. The van der Waals surface area contributed by atoms with Crippen molar-refractivity contribution in [3.8, 4) is 11.5 Å². The minimum absolute atomic E-state index is 0.0362.